The molecule has 0 bridgehead atoms. The molecule has 0 aliphatic carbocycles. The van der Waals surface area contributed by atoms with E-state index in [4.69, 9.17) is 4.74 Å². The van der Waals surface area contributed by atoms with Gasteiger partial charge in [0.05, 0.1) is 7.11 Å². The summed E-state index contributed by atoms with van der Waals surface area (Å²) in [7, 11) is 3.40. The molecule has 0 aliphatic heterocycles. The summed E-state index contributed by atoms with van der Waals surface area (Å²) in [6.07, 6.45) is 0.411. The Kier molecular flexibility index (Phi) is 5.31. The lowest BCUT2D eigenvalue weighted by molar-refractivity contribution is 0.413. The molecular formula is C16H16BrF2NO. The van der Waals surface area contributed by atoms with Gasteiger partial charge in [0.2, 0.25) is 0 Å². The van der Waals surface area contributed by atoms with Crippen LogP contribution in [-0.4, -0.2) is 14.2 Å². The zero-order chi connectivity index (χ0) is 15.4. The first kappa shape index (κ1) is 15.9. The molecule has 0 aliphatic rings. The second kappa shape index (κ2) is 7.00. The highest BCUT2D eigenvalue weighted by Crippen LogP contribution is 2.30. The van der Waals surface area contributed by atoms with E-state index >= 15 is 0 Å². The van der Waals surface area contributed by atoms with Gasteiger partial charge in [-0.25, -0.2) is 8.78 Å². The normalized spacial score (nSPS) is 12.2. The quantitative estimate of drug-likeness (QED) is 0.865. The van der Waals surface area contributed by atoms with Gasteiger partial charge in [0.15, 0.2) is 0 Å². The van der Waals surface area contributed by atoms with Gasteiger partial charge in [-0.15, -0.1) is 0 Å². The molecule has 0 saturated heterocycles. The molecule has 1 unspecified atom stereocenters. The first-order valence-electron chi connectivity index (χ1n) is 6.49. The molecule has 0 aromatic heterocycles. The van der Waals surface area contributed by atoms with Gasteiger partial charge >= 0.3 is 0 Å². The molecule has 2 aromatic carbocycles. The minimum atomic E-state index is -0.570. The van der Waals surface area contributed by atoms with Crippen LogP contribution in [0.2, 0.25) is 0 Å². The average molecular weight is 356 g/mol. The third-order valence-electron chi connectivity index (χ3n) is 3.37. The number of benzene rings is 2. The summed E-state index contributed by atoms with van der Waals surface area (Å²) >= 11 is 3.50. The SMILES string of the molecule is CNC(Cc1ccc(F)cc1F)c1cc(OC)ccc1Br. The molecule has 1 N–H and O–H groups in total. The number of hydrogen-bond acceptors (Lipinski definition) is 2. The summed E-state index contributed by atoms with van der Waals surface area (Å²) in [5.41, 5.74) is 1.42. The summed E-state index contributed by atoms with van der Waals surface area (Å²) in [5, 5.41) is 3.15. The Balaban J connectivity index is 2.31. The number of nitrogens with one attached hydrogen (secondary N) is 1. The Bertz CT molecular complexity index is 634. The van der Waals surface area contributed by atoms with E-state index in [1.807, 2.05) is 18.2 Å². The maximum Gasteiger partial charge on any atom is 0.129 e. The fourth-order valence-electron chi connectivity index (χ4n) is 2.19. The van der Waals surface area contributed by atoms with Crippen LogP contribution in [0, 0.1) is 11.6 Å². The molecule has 1 atom stereocenters. The Morgan fingerprint density at radius 2 is 1.95 bits per heavy atom. The van der Waals surface area contributed by atoms with Crippen molar-refractivity contribution in [3.63, 3.8) is 0 Å². The first-order chi connectivity index (χ1) is 10.0. The van der Waals surface area contributed by atoms with Gasteiger partial charge in [-0.2, -0.15) is 0 Å². The molecular weight excluding hydrogens is 340 g/mol. The summed E-state index contributed by atoms with van der Waals surface area (Å²) in [6.45, 7) is 0. The minimum absolute atomic E-state index is 0.116. The van der Waals surface area contributed by atoms with Crippen molar-refractivity contribution in [2.24, 2.45) is 0 Å². The van der Waals surface area contributed by atoms with Crippen molar-refractivity contribution < 1.29 is 13.5 Å². The van der Waals surface area contributed by atoms with Gasteiger partial charge in [0.25, 0.3) is 0 Å². The average Bonchev–Trinajstić information content (AvgIpc) is 2.47. The van der Waals surface area contributed by atoms with Gasteiger partial charge in [-0.3, -0.25) is 0 Å². The summed E-state index contributed by atoms with van der Waals surface area (Å²) in [6, 6.07) is 9.16. The topological polar surface area (TPSA) is 21.3 Å². The number of ether oxygens (including phenoxy) is 1. The molecule has 0 fully saturated rings. The van der Waals surface area contributed by atoms with Crippen molar-refractivity contribution in [2.75, 3.05) is 14.2 Å². The fourth-order valence-corrected chi connectivity index (χ4v) is 2.71. The lowest BCUT2D eigenvalue weighted by atomic mass is 9.98. The molecule has 0 saturated carbocycles. The van der Waals surface area contributed by atoms with Crippen molar-refractivity contribution in [3.05, 3.63) is 63.6 Å². The monoisotopic (exact) mass is 355 g/mol. The molecule has 2 nitrogen and oxygen atoms in total. The molecule has 0 spiro atoms. The highest BCUT2D eigenvalue weighted by molar-refractivity contribution is 9.10. The van der Waals surface area contributed by atoms with Crippen LogP contribution in [0.1, 0.15) is 17.2 Å². The van der Waals surface area contributed by atoms with Crippen LogP contribution in [0.4, 0.5) is 8.78 Å². The van der Waals surface area contributed by atoms with E-state index < -0.39 is 11.6 Å². The van der Waals surface area contributed by atoms with Crippen LogP contribution in [0.3, 0.4) is 0 Å². The predicted octanol–water partition coefficient (Wildman–Crippen LogP) is 4.24. The van der Waals surface area contributed by atoms with Crippen LogP contribution >= 0.6 is 15.9 Å². The fraction of sp³-hybridized carbons (Fsp3) is 0.250. The zero-order valence-corrected chi connectivity index (χ0v) is 13.4. The van der Waals surface area contributed by atoms with Crippen molar-refractivity contribution >= 4 is 15.9 Å². The molecule has 21 heavy (non-hydrogen) atoms. The summed E-state index contributed by atoms with van der Waals surface area (Å²) in [4.78, 5) is 0. The minimum Gasteiger partial charge on any atom is -0.497 e. The molecule has 112 valence electrons. The maximum absolute atomic E-state index is 13.8. The van der Waals surface area contributed by atoms with Gasteiger partial charge < -0.3 is 10.1 Å². The van der Waals surface area contributed by atoms with Crippen LogP contribution in [0.5, 0.6) is 5.75 Å². The van der Waals surface area contributed by atoms with Crippen LogP contribution in [0.25, 0.3) is 0 Å². The second-order valence-corrected chi connectivity index (χ2v) is 5.52. The molecule has 0 radical (unpaired) electrons. The molecule has 2 rings (SSSR count). The third kappa shape index (κ3) is 3.80. The van der Waals surface area contributed by atoms with Crippen molar-refractivity contribution in [2.45, 2.75) is 12.5 Å². The highest BCUT2D eigenvalue weighted by Gasteiger charge is 2.16. The number of hydrogen-bond donors (Lipinski definition) is 1. The highest BCUT2D eigenvalue weighted by atomic mass is 79.9. The largest absolute Gasteiger partial charge is 0.497 e. The number of likely N-dealkylation sites (N-methyl/N-ethyl adjacent to an activating group) is 1. The van der Waals surface area contributed by atoms with E-state index in [0.29, 0.717) is 12.0 Å². The van der Waals surface area contributed by atoms with Gasteiger partial charge in [-0.1, -0.05) is 22.0 Å². The van der Waals surface area contributed by atoms with Crippen LogP contribution < -0.4 is 10.1 Å². The molecule has 0 heterocycles. The summed E-state index contributed by atoms with van der Waals surface area (Å²) < 4.78 is 32.9. The second-order valence-electron chi connectivity index (χ2n) is 4.67. The zero-order valence-electron chi connectivity index (χ0n) is 11.8. The molecule has 2 aromatic rings. The smallest absolute Gasteiger partial charge is 0.129 e. The van der Waals surface area contributed by atoms with Crippen molar-refractivity contribution in [1.82, 2.24) is 5.32 Å². The Morgan fingerprint density at radius 1 is 1.19 bits per heavy atom. The van der Waals surface area contributed by atoms with E-state index in [1.165, 1.54) is 12.1 Å². The van der Waals surface area contributed by atoms with Gasteiger partial charge in [-0.05, 0) is 48.9 Å². The lowest BCUT2D eigenvalue weighted by Gasteiger charge is -2.19. The van der Waals surface area contributed by atoms with Crippen molar-refractivity contribution in [1.29, 1.82) is 0 Å². The van der Waals surface area contributed by atoms with E-state index in [2.05, 4.69) is 21.2 Å². The van der Waals surface area contributed by atoms with Crippen LogP contribution in [0.15, 0.2) is 40.9 Å². The van der Waals surface area contributed by atoms with Crippen molar-refractivity contribution in [3.8, 4) is 5.75 Å². The maximum atomic E-state index is 13.8. The Morgan fingerprint density at radius 3 is 2.57 bits per heavy atom. The third-order valence-corrected chi connectivity index (χ3v) is 4.09. The van der Waals surface area contributed by atoms with Crippen LogP contribution in [-0.2, 0) is 6.42 Å². The number of halogens is 3. The predicted molar refractivity (Wildman–Crippen MR) is 82.6 cm³/mol. The summed E-state index contributed by atoms with van der Waals surface area (Å²) in [5.74, 6) is -0.373. The first-order valence-corrected chi connectivity index (χ1v) is 7.29. The standard InChI is InChI=1S/C16H16BrF2NO/c1-20-16(7-10-3-4-11(18)8-15(10)19)13-9-12(21-2)5-6-14(13)17/h3-6,8-9,16,20H,7H2,1-2H3. The molecule has 0 amide bonds. The number of rotatable bonds is 5. The molecule has 5 heteroatoms. The number of methoxy groups -OCH3 is 1. The van der Waals surface area contributed by atoms with E-state index in [-0.39, 0.29) is 6.04 Å². The Labute approximate surface area is 131 Å². The van der Waals surface area contributed by atoms with E-state index in [9.17, 15) is 8.78 Å². The lowest BCUT2D eigenvalue weighted by Crippen LogP contribution is -2.20. The van der Waals surface area contributed by atoms with Gasteiger partial charge in [0, 0.05) is 16.6 Å². The van der Waals surface area contributed by atoms with E-state index in [0.717, 1.165) is 21.9 Å². The van der Waals surface area contributed by atoms with Gasteiger partial charge in [0.1, 0.15) is 17.4 Å². The van der Waals surface area contributed by atoms with E-state index in [1.54, 1.807) is 14.2 Å². The Hall–Kier alpha value is -1.46.